The Morgan fingerprint density at radius 3 is 2.19 bits per heavy atom. The molecule has 0 heterocycles. The first-order valence-corrected chi connectivity index (χ1v) is 6.95. The van der Waals surface area contributed by atoms with Crippen LogP contribution < -0.4 is 0 Å². The average Bonchev–Trinajstić information content (AvgIpc) is 2.52. The summed E-state index contributed by atoms with van der Waals surface area (Å²) in [4.78, 5) is 11.3. The number of rotatable bonds is 6. The lowest BCUT2D eigenvalue weighted by molar-refractivity contribution is -0.132. The molecule has 0 aliphatic carbocycles. The van der Waals surface area contributed by atoms with Crippen molar-refractivity contribution < 1.29 is 9.90 Å². The van der Waals surface area contributed by atoms with Gasteiger partial charge in [0.15, 0.2) is 0 Å². The minimum Gasteiger partial charge on any atom is -0.478 e. The van der Waals surface area contributed by atoms with Crippen LogP contribution in [0.2, 0.25) is 0 Å². The molecule has 0 spiro atoms. The third-order valence-corrected chi connectivity index (χ3v) is 3.19. The SMILES string of the molecule is O=C(O)C(=CC=Cc1ccccc1)CCc1ccccc1. The van der Waals surface area contributed by atoms with E-state index in [1.807, 2.05) is 66.7 Å². The topological polar surface area (TPSA) is 37.3 Å². The van der Waals surface area contributed by atoms with E-state index in [4.69, 9.17) is 0 Å². The van der Waals surface area contributed by atoms with Crippen LogP contribution in [0.25, 0.3) is 6.08 Å². The molecule has 0 aliphatic heterocycles. The maximum Gasteiger partial charge on any atom is 0.331 e. The van der Waals surface area contributed by atoms with Gasteiger partial charge in [-0.05, 0) is 24.0 Å². The zero-order valence-corrected chi connectivity index (χ0v) is 11.8. The van der Waals surface area contributed by atoms with Crippen molar-refractivity contribution in [2.75, 3.05) is 0 Å². The first-order valence-electron chi connectivity index (χ1n) is 6.95. The molecule has 1 N–H and O–H groups in total. The Balaban J connectivity index is 2.00. The number of carboxylic acids is 1. The van der Waals surface area contributed by atoms with Crippen molar-refractivity contribution in [1.29, 1.82) is 0 Å². The van der Waals surface area contributed by atoms with Crippen LogP contribution in [0.15, 0.2) is 78.4 Å². The van der Waals surface area contributed by atoms with Crippen molar-refractivity contribution >= 4 is 12.0 Å². The van der Waals surface area contributed by atoms with E-state index >= 15 is 0 Å². The van der Waals surface area contributed by atoms with Crippen LogP contribution in [0.4, 0.5) is 0 Å². The molecule has 0 atom stereocenters. The Morgan fingerprint density at radius 2 is 1.57 bits per heavy atom. The van der Waals surface area contributed by atoms with E-state index in [1.165, 1.54) is 0 Å². The molecule has 2 heteroatoms. The van der Waals surface area contributed by atoms with Crippen molar-refractivity contribution in [3.05, 3.63) is 89.5 Å². The smallest absolute Gasteiger partial charge is 0.331 e. The second-order valence-corrected chi connectivity index (χ2v) is 4.75. The van der Waals surface area contributed by atoms with Gasteiger partial charge in [-0.1, -0.05) is 78.9 Å². The highest BCUT2D eigenvalue weighted by Gasteiger charge is 2.06. The summed E-state index contributed by atoms with van der Waals surface area (Å²) in [5, 5.41) is 9.25. The molecular weight excluding hydrogens is 260 g/mol. The number of hydrogen-bond acceptors (Lipinski definition) is 1. The number of carboxylic acid groups (broad SMARTS) is 1. The Kier molecular flexibility index (Phi) is 5.53. The van der Waals surface area contributed by atoms with Crippen molar-refractivity contribution in [3.8, 4) is 0 Å². The quantitative estimate of drug-likeness (QED) is 0.630. The van der Waals surface area contributed by atoms with Crippen LogP contribution in [-0.4, -0.2) is 11.1 Å². The van der Waals surface area contributed by atoms with Crippen LogP contribution in [0, 0.1) is 0 Å². The Hall–Kier alpha value is -2.61. The average molecular weight is 278 g/mol. The molecule has 21 heavy (non-hydrogen) atoms. The van der Waals surface area contributed by atoms with Gasteiger partial charge >= 0.3 is 5.97 Å². The number of aliphatic carboxylic acids is 1. The molecule has 0 saturated carbocycles. The molecular formula is C19H18O2. The van der Waals surface area contributed by atoms with E-state index in [-0.39, 0.29) is 0 Å². The van der Waals surface area contributed by atoms with Crippen molar-refractivity contribution in [1.82, 2.24) is 0 Å². The van der Waals surface area contributed by atoms with Gasteiger partial charge in [-0.3, -0.25) is 0 Å². The number of aryl methyl sites for hydroxylation is 1. The highest BCUT2D eigenvalue weighted by atomic mass is 16.4. The molecule has 0 unspecified atom stereocenters. The first kappa shape index (κ1) is 14.8. The van der Waals surface area contributed by atoms with Crippen molar-refractivity contribution in [2.24, 2.45) is 0 Å². The van der Waals surface area contributed by atoms with E-state index in [0.29, 0.717) is 12.0 Å². The van der Waals surface area contributed by atoms with E-state index in [2.05, 4.69) is 0 Å². The predicted molar refractivity (Wildman–Crippen MR) is 86.0 cm³/mol. The first-order chi connectivity index (χ1) is 10.3. The lowest BCUT2D eigenvalue weighted by Crippen LogP contribution is -2.01. The van der Waals surface area contributed by atoms with Gasteiger partial charge < -0.3 is 5.11 Å². The van der Waals surface area contributed by atoms with Gasteiger partial charge in [-0.15, -0.1) is 0 Å². The van der Waals surface area contributed by atoms with Gasteiger partial charge in [0.05, 0.1) is 0 Å². The van der Waals surface area contributed by atoms with Crippen molar-refractivity contribution in [2.45, 2.75) is 12.8 Å². The second-order valence-electron chi connectivity index (χ2n) is 4.75. The summed E-state index contributed by atoms with van der Waals surface area (Å²) in [6, 6.07) is 19.7. The van der Waals surface area contributed by atoms with Gasteiger partial charge in [-0.2, -0.15) is 0 Å². The molecule has 0 radical (unpaired) electrons. The lowest BCUT2D eigenvalue weighted by atomic mass is 10.0. The number of allylic oxidation sites excluding steroid dienone is 2. The van der Waals surface area contributed by atoms with Crippen molar-refractivity contribution in [3.63, 3.8) is 0 Å². The lowest BCUT2D eigenvalue weighted by Gasteiger charge is -2.02. The van der Waals surface area contributed by atoms with E-state index < -0.39 is 5.97 Å². The molecule has 106 valence electrons. The standard InChI is InChI=1S/C19H18O2/c20-19(21)18(15-14-17-10-5-2-6-11-17)13-7-12-16-8-3-1-4-9-16/h1-13H,14-15H2,(H,20,21). The Labute approximate surface area is 125 Å². The van der Waals surface area contributed by atoms with Crippen LogP contribution in [0.1, 0.15) is 17.5 Å². The van der Waals surface area contributed by atoms with E-state index in [1.54, 1.807) is 12.2 Å². The zero-order chi connectivity index (χ0) is 14.9. The zero-order valence-electron chi connectivity index (χ0n) is 11.8. The number of hydrogen-bond donors (Lipinski definition) is 1. The molecule has 2 nitrogen and oxygen atoms in total. The highest BCUT2D eigenvalue weighted by Crippen LogP contribution is 2.10. The number of carbonyl (C=O) groups is 1. The second kappa shape index (κ2) is 7.85. The molecule has 0 saturated heterocycles. The van der Waals surface area contributed by atoms with Gasteiger partial charge in [0.25, 0.3) is 0 Å². The van der Waals surface area contributed by atoms with Gasteiger partial charge in [0, 0.05) is 5.57 Å². The summed E-state index contributed by atoms with van der Waals surface area (Å²) in [5.74, 6) is -0.858. The van der Waals surface area contributed by atoms with E-state index in [0.717, 1.165) is 17.5 Å². The van der Waals surface area contributed by atoms with Crippen LogP contribution in [0.5, 0.6) is 0 Å². The third-order valence-electron chi connectivity index (χ3n) is 3.19. The highest BCUT2D eigenvalue weighted by molar-refractivity contribution is 5.87. The summed E-state index contributed by atoms with van der Waals surface area (Å²) in [5.41, 5.74) is 2.63. The van der Waals surface area contributed by atoms with E-state index in [9.17, 15) is 9.90 Å². The Morgan fingerprint density at radius 1 is 0.952 bits per heavy atom. The fourth-order valence-corrected chi connectivity index (χ4v) is 2.02. The van der Waals surface area contributed by atoms with Gasteiger partial charge in [-0.25, -0.2) is 4.79 Å². The largest absolute Gasteiger partial charge is 0.478 e. The molecule has 2 rings (SSSR count). The molecule has 0 bridgehead atoms. The molecule has 0 amide bonds. The van der Waals surface area contributed by atoms with Gasteiger partial charge in [0.2, 0.25) is 0 Å². The Bertz CT molecular complexity index is 625. The third kappa shape index (κ3) is 5.11. The van der Waals surface area contributed by atoms with Crippen LogP contribution in [0.3, 0.4) is 0 Å². The van der Waals surface area contributed by atoms with Gasteiger partial charge in [0.1, 0.15) is 0 Å². The van der Waals surface area contributed by atoms with Crippen LogP contribution in [-0.2, 0) is 11.2 Å². The molecule has 0 aliphatic rings. The molecule has 2 aromatic carbocycles. The summed E-state index contributed by atoms with van der Waals surface area (Å²) >= 11 is 0. The summed E-state index contributed by atoms with van der Waals surface area (Å²) in [6.07, 6.45) is 6.64. The normalized spacial score (nSPS) is 11.7. The maximum atomic E-state index is 11.3. The fraction of sp³-hybridized carbons (Fsp3) is 0.105. The summed E-state index contributed by atoms with van der Waals surface area (Å²) in [7, 11) is 0. The number of benzene rings is 2. The maximum absolute atomic E-state index is 11.3. The summed E-state index contributed by atoms with van der Waals surface area (Å²) in [6.45, 7) is 0. The monoisotopic (exact) mass is 278 g/mol. The molecule has 0 fully saturated rings. The molecule has 0 aromatic heterocycles. The summed E-state index contributed by atoms with van der Waals surface area (Å²) < 4.78 is 0. The minimum absolute atomic E-state index is 0.422. The minimum atomic E-state index is -0.858. The van der Waals surface area contributed by atoms with Crippen LogP contribution >= 0.6 is 0 Å². The predicted octanol–water partition coefficient (Wildman–Crippen LogP) is 4.34. The fourth-order valence-electron chi connectivity index (χ4n) is 2.02. The molecule has 2 aromatic rings.